The van der Waals surface area contributed by atoms with E-state index in [-0.39, 0.29) is 0 Å². The minimum absolute atomic E-state index is 0.458. The molecule has 0 aromatic carbocycles. The molecule has 12 heavy (non-hydrogen) atoms. The second-order valence-electron chi connectivity index (χ2n) is 2.75. The van der Waals surface area contributed by atoms with Gasteiger partial charge in [-0.1, -0.05) is 0 Å². The zero-order valence-electron chi connectivity index (χ0n) is 6.28. The van der Waals surface area contributed by atoms with E-state index in [0.717, 1.165) is 17.8 Å². The van der Waals surface area contributed by atoms with Crippen LogP contribution < -0.4 is 5.32 Å². The number of fused-ring (bicyclic) bond motifs is 1. The Morgan fingerprint density at radius 2 is 2.67 bits per heavy atom. The Morgan fingerprint density at radius 3 is 3.42 bits per heavy atom. The summed E-state index contributed by atoms with van der Waals surface area (Å²) in [4.78, 5) is 10.7. The summed E-state index contributed by atoms with van der Waals surface area (Å²) < 4.78 is 4.08. The van der Waals surface area contributed by atoms with Crippen molar-refractivity contribution in [3.8, 4) is 0 Å². The van der Waals surface area contributed by atoms with Gasteiger partial charge in [-0.05, 0) is 11.5 Å². The zero-order chi connectivity index (χ0) is 8.55. The fourth-order valence-electron chi connectivity index (χ4n) is 1.34. The average Bonchev–Trinajstić information content (AvgIpc) is 2.49. The molecule has 1 atom stereocenters. The summed E-state index contributed by atoms with van der Waals surface area (Å²) in [5, 5.41) is 13.8. The number of aromatic nitrogens is 1. The van der Waals surface area contributed by atoms with Crippen LogP contribution in [0.1, 0.15) is 17.2 Å². The zero-order valence-corrected chi connectivity index (χ0v) is 7.10. The first-order chi connectivity index (χ1) is 5.79. The Morgan fingerprint density at radius 1 is 1.83 bits per heavy atom. The van der Waals surface area contributed by atoms with E-state index in [1.807, 2.05) is 5.38 Å². The molecule has 1 aromatic rings. The lowest BCUT2D eigenvalue weighted by atomic mass is 9.99. The Hall–Kier alpha value is -0.940. The predicted octanol–water partition coefficient (Wildman–Crippen LogP) is 0.414. The first-order valence-corrected chi connectivity index (χ1v) is 4.49. The summed E-state index contributed by atoms with van der Waals surface area (Å²) in [6, 6.07) is 0. The number of nitrogens with one attached hydrogen (secondary N) is 1. The highest BCUT2D eigenvalue weighted by atomic mass is 32.1. The molecule has 2 N–H and O–H groups in total. The number of carboxylic acids is 1. The molecule has 2 rings (SSSR count). The van der Waals surface area contributed by atoms with Gasteiger partial charge >= 0.3 is 5.97 Å². The van der Waals surface area contributed by atoms with E-state index >= 15 is 0 Å². The molecule has 0 amide bonds. The molecule has 0 bridgehead atoms. The van der Waals surface area contributed by atoms with E-state index in [2.05, 4.69) is 9.69 Å². The van der Waals surface area contributed by atoms with Crippen molar-refractivity contribution in [2.75, 3.05) is 6.54 Å². The molecule has 4 nitrogen and oxygen atoms in total. The van der Waals surface area contributed by atoms with Gasteiger partial charge in [-0.3, -0.25) is 4.79 Å². The van der Waals surface area contributed by atoms with Crippen molar-refractivity contribution in [2.24, 2.45) is 0 Å². The number of hydrogen-bond donors (Lipinski definition) is 2. The Balaban J connectivity index is 2.37. The summed E-state index contributed by atoms with van der Waals surface area (Å²) in [5.41, 5.74) is 1.77. The van der Waals surface area contributed by atoms with Gasteiger partial charge in [-0.25, -0.2) is 0 Å². The lowest BCUT2D eigenvalue weighted by molar-refractivity contribution is -0.138. The third-order valence-electron chi connectivity index (χ3n) is 1.97. The fourth-order valence-corrected chi connectivity index (χ4v) is 2.08. The van der Waals surface area contributed by atoms with Gasteiger partial charge in [0, 0.05) is 24.0 Å². The van der Waals surface area contributed by atoms with Crippen molar-refractivity contribution >= 4 is 17.5 Å². The van der Waals surface area contributed by atoms with Crippen LogP contribution in [0.3, 0.4) is 0 Å². The van der Waals surface area contributed by atoms with Crippen LogP contribution in [0.25, 0.3) is 0 Å². The first-order valence-electron chi connectivity index (χ1n) is 3.65. The molecule has 0 saturated carbocycles. The topological polar surface area (TPSA) is 62.2 Å². The lowest BCUT2D eigenvalue weighted by Crippen LogP contribution is -2.32. The van der Waals surface area contributed by atoms with Crippen molar-refractivity contribution in [2.45, 2.75) is 12.5 Å². The van der Waals surface area contributed by atoms with Crippen LogP contribution in [0.5, 0.6) is 0 Å². The van der Waals surface area contributed by atoms with Crippen LogP contribution in [0.4, 0.5) is 0 Å². The normalized spacial score (nSPS) is 21.8. The smallest absolute Gasteiger partial charge is 0.313 e. The third-order valence-corrected chi connectivity index (χ3v) is 2.66. The molecule has 5 heteroatoms. The highest BCUT2D eigenvalue weighted by Gasteiger charge is 2.27. The molecule has 1 aromatic heterocycles. The SMILES string of the molecule is O=C(O)C1CNCc2csnc21. The predicted molar refractivity (Wildman–Crippen MR) is 44.2 cm³/mol. The maximum Gasteiger partial charge on any atom is 0.313 e. The molecule has 0 spiro atoms. The van der Waals surface area contributed by atoms with E-state index in [1.165, 1.54) is 11.5 Å². The van der Waals surface area contributed by atoms with Crippen molar-refractivity contribution < 1.29 is 9.90 Å². The first kappa shape index (κ1) is 7.70. The Labute approximate surface area is 73.4 Å². The average molecular weight is 184 g/mol. The number of aliphatic carboxylic acids is 1. The number of hydrogen-bond acceptors (Lipinski definition) is 4. The Kier molecular flexibility index (Phi) is 1.82. The highest BCUT2D eigenvalue weighted by Crippen LogP contribution is 2.23. The summed E-state index contributed by atoms with van der Waals surface area (Å²) in [6.07, 6.45) is 0. The minimum Gasteiger partial charge on any atom is -0.481 e. The summed E-state index contributed by atoms with van der Waals surface area (Å²) in [5.74, 6) is -1.26. The van der Waals surface area contributed by atoms with Gasteiger partial charge in [0.2, 0.25) is 0 Å². The highest BCUT2D eigenvalue weighted by molar-refractivity contribution is 7.03. The molecule has 0 saturated heterocycles. The molecule has 1 unspecified atom stereocenters. The quantitative estimate of drug-likeness (QED) is 0.663. The summed E-state index contributed by atoms with van der Waals surface area (Å²) in [6.45, 7) is 1.24. The van der Waals surface area contributed by atoms with Crippen LogP contribution >= 0.6 is 11.5 Å². The molecular weight excluding hydrogens is 176 g/mol. The van der Waals surface area contributed by atoms with Crippen LogP contribution in [0.2, 0.25) is 0 Å². The monoisotopic (exact) mass is 184 g/mol. The molecule has 0 aliphatic carbocycles. The number of rotatable bonds is 1. The van der Waals surface area contributed by atoms with Crippen LogP contribution in [0.15, 0.2) is 5.38 Å². The van der Waals surface area contributed by atoms with Crippen LogP contribution in [-0.4, -0.2) is 22.0 Å². The van der Waals surface area contributed by atoms with Gasteiger partial charge in [0.05, 0.1) is 5.69 Å². The summed E-state index contributed by atoms with van der Waals surface area (Å²) >= 11 is 1.32. The largest absolute Gasteiger partial charge is 0.481 e. The number of carboxylic acid groups (broad SMARTS) is 1. The number of nitrogens with zero attached hydrogens (tertiary/aromatic N) is 1. The van der Waals surface area contributed by atoms with E-state index in [4.69, 9.17) is 5.11 Å². The molecule has 2 heterocycles. The second-order valence-corrected chi connectivity index (χ2v) is 3.38. The van der Waals surface area contributed by atoms with Gasteiger partial charge in [0.15, 0.2) is 0 Å². The fraction of sp³-hybridized carbons (Fsp3) is 0.429. The maximum absolute atomic E-state index is 10.7. The van der Waals surface area contributed by atoms with Crippen molar-refractivity contribution in [3.05, 3.63) is 16.6 Å². The molecule has 1 aliphatic heterocycles. The summed E-state index contributed by atoms with van der Waals surface area (Å²) in [7, 11) is 0. The maximum atomic E-state index is 10.7. The number of carbonyl (C=O) groups is 1. The third kappa shape index (κ3) is 1.11. The van der Waals surface area contributed by atoms with E-state index in [9.17, 15) is 4.79 Å². The molecule has 0 fully saturated rings. The van der Waals surface area contributed by atoms with Crippen molar-refractivity contribution in [3.63, 3.8) is 0 Å². The molecule has 1 aliphatic rings. The van der Waals surface area contributed by atoms with Gasteiger partial charge in [-0.2, -0.15) is 4.37 Å². The minimum atomic E-state index is -0.797. The van der Waals surface area contributed by atoms with Crippen LogP contribution in [-0.2, 0) is 11.3 Å². The van der Waals surface area contributed by atoms with E-state index in [1.54, 1.807) is 0 Å². The van der Waals surface area contributed by atoms with Crippen LogP contribution in [0, 0.1) is 0 Å². The van der Waals surface area contributed by atoms with Gasteiger partial charge in [-0.15, -0.1) is 0 Å². The molecular formula is C7H8N2O2S. The van der Waals surface area contributed by atoms with E-state index in [0.29, 0.717) is 6.54 Å². The second kappa shape index (κ2) is 2.84. The Bertz CT molecular complexity index is 310. The molecule has 0 radical (unpaired) electrons. The standard InChI is InChI=1S/C7H8N2O2S/c10-7(11)5-2-8-1-4-3-12-9-6(4)5/h3,5,8H,1-2H2,(H,10,11). The molecule has 64 valence electrons. The van der Waals surface area contributed by atoms with Gasteiger partial charge < -0.3 is 10.4 Å². The van der Waals surface area contributed by atoms with Gasteiger partial charge in [0.25, 0.3) is 0 Å². The van der Waals surface area contributed by atoms with E-state index < -0.39 is 11.9 Å². The van der Waals surface area contributed by atoms with Gasteiger partial charge in [0.1, 0.15) is 5.92 Å². The van der Waals surface area contributed by atoms with Crippen molar-refractivity contribution in [1.29, 1.82) is 0 Å². The van der Waals surface area contributed by atoms with Crippen molar-refractivity contribution in [1.82, 2.24) is 9.69 Å². The lowest BCUT2D eigenvalue weighted by Gasteiger charge is -2.18.